The summed E-state index contributed by atoms with van der Waals surface area (Å²) in [5, 5.41) is 3.88. The fourth-order valence-corrected chi connectivity index (χ4v) is 0.590. The van der Waals surface area contributed by atoms with Gasteiger partial charge in [-0.15, -0.1) is 0 Å². The van der Waals surface area contributed by atoms with Gasteiger partial charge in [0, 0.05) is 13.1 Å². The summed E-state index contributed by atoms with van der Waals surface area (Å²) >= 11 is 0. The second-order valence-corrected chi connectivity index (χ2v) is 2.52. The van der Waals surface area contributed by atoms with E-state index in [9.17, 15) is 4.79 Å². The molecule has 0 aromatic heterocycles. The number of carbonyl (C=O) groups excluding carboxylic acids is 1. The summed E-state index contributed by atoms with van der Waals surface area (Å²) in [6.07, 6.45) is 0. The molecule has 0 aromatic rings. The van der Waals surface area contributed by atoms with E-state index < -0.39 is 0 Å². The van der Waals surface area contributed by atoms with Crippen LogP contribution in [0.1, 0.15) is 20.8 Å². The first kappa shape index (κ1) is 10.2. The molecule has 0 radical (unpaired) electrons. The van der Waals surface area contributed by atoms with Gasteiger partial charge in [0.15, 0.2) is 0 Å². The lowest BCUT2D eigenvalue weighted by Crippen LogP contribution is -2.40. The molecular weight excluding hydrogens is 144 g/mol. The predicted octanol–water partition coefficient (Wildman–Crippen LogP) is 0.988. The third kappa shape index (κ3) is 4.61. The Kier molecular flexibility index (Phi) is 4.61. The highest BCUT2D eigenvalue weighted by Crippen LogP contribution is 1.87. The standard InChI is InChI=1S/C7H16N2O2/c1-5-11-9(4)7(10)8-6(2)3/h6H,5H2,1-4H3,(H,8,10). The summed E-state index contributed by atoms with van der Waals surface area (Å²) < 4.78 is 0. The zero-order valence-corrected chi connectivity index (χ0v) is 7.55. The van der Waals surface area contributed by atoms with Gasteiger partial charge in [-0.05, 0) is 20.8 Å². The Labute approximate surface area is 67.5 Å². The molecule has 0 rings (SSSR count). The zero-order chi connectivity index (χ0) is 8.85. The van der Waals surface area contributed by atoms with E-state index >= 15 is 0 Å². The first-order valence-corrected chi connectivity index (χ1v) is 3.75. The number of hydrogen-bond acceptors (Lipinski definition) is 2. The largest absolute Gasteiger partial charge is 0.341 e. The van der Waals surface area contributed by atoms with E-state index in [0.717, 1.165) is 0 Å². The first-order chi connectivity index (χ1) is 5.07. The average Bonchev–Trinajstić information content (AvgIpc) is 1.86. The molecule has 0 aliphatic rings. The predicted molar refractivity (Wildman–Crippen MR) is 43.1 cm³/mol. The molecule has 0 saturated carbocycles. The summed E-state index contributed by atoms with van der Waals surface area (Å²) in [5.41, 5.74) is 0. The van der Waals surface area contributed by atoms with Crippen LogP contribution in [0.3, 0.4) is 0 Å². The van der Waals surface area contributed by atoms with Crippen LogP contribution in [0.2, 0.25) is 0 Å². The van der Waals surface area contributed by atoms with Crippen LogP contribution in [-0.4, -0.2) is 30.8 Å². The first-order valence-electron chi connectivity index (χ1n) is 3.75. The highest BCUT2D eigenvalue weighted by Gasteiger charge is 2.07. The van der Waals surface area contributed by atoms with E-state index in [1.165, 1.54) is 5.06 Å². The van der Waals surface area contributed by atoms with Crippen molar-refractivity contribution in [2.24, 2.45) is 0 Å². The van der Waals surface area contributed by atoms with E-state index in [-0.39, 0.29) is 12.1 Å². The van der Waals surface area contributed by atoms with E-state index in [1.54, 1.807) is 7.05 Å². The Hall–Kier alpha value is -0.770. The molecule has 4 nitrogen and oxygen atoms in total. The van der Waals surface area contributed by atoms with Gasteiger partial charge in [-0.25, -0.2) is 9.86 Å². The minimum atomic E-state index is -0.207. The number of urea groups is 1. The van der Waals surface area contributed by atoms with Crippen molar-refractivity contribution in [3.05, 3.63) is 0 Å². The second-order valence-electron chi connectivity index (χ2n) is 2.52. The highest BCUT2D eigenvalue weighted by atomic mass is 16.7. The number of carbonyl (C=O) groups is 1. The molecule has 0 atom stereocenters. The molecule has 0 saturated heterocycles. The molecular formula is C7H16N2O2. The van der Waals surface area contributed by atoms with E-state index in [2.05, 4.69) is 5.32 Å². The second kappa shape index (κ2) is 4.96. The van der Waals surface area contributed by atoms with Crippen LogP contribution >= 0.6 is 0 Å². The summed E-state index contributed by atoms with van der Waals surface area (Å²) in [5.74, 6) is 0. The maximum Gasteiger partial charge on any atom is 0.341 e. The van der Waals surface area contributed by atoms with E-state index in [4.69, 9.17) is 4.84 Å². The number of nitrogens with zero attached hydrogens (tertiary/aromatic N) is 1. The van der Waals surface area contributed by atoms with Gasteiger partial charge in [-0.1, -0.05) is 0 Å². The van der Waals surface area contributed by atoms with Gasteiger partial charge in [0.1, 0.15) is 0 Å². The maximum atomic E-state index is 11.0. The van der Waals surface area contributed by atoms with Crippen LogP contribution in [0.25, 0.3) is 0 Å². The number of amides is 2. The molecule has 2 amide bonds. The Morgan fingerprint density at radius 3 is 2.55 bits per heavy atom. The molecule has 0 aliphatic heterocycles. The molecule has 0 aromatic carbocycles. The SMILES string of the molecule is CCON(C)C(=O)NC(C)C. The van der Waals surface area contributed by atoms with Crippen LogP contribution in [0.5, 0.6) is 0 Å². The van der Waals surface area contributed by atoms with Crippen molar-refractivity contribution in [2.45, 2.75) is 26.8 Å². The molecule has 0 spiro atoms. The molecule has 0 bridgehead atoms. The van der Waals surface area contributed by atoms with Gasteiger partial charge in [-0.3, -0.25) is 4.84 Å². The van der Waals surface area contributed by atoms with Crippen molar-refractivity contribution < 1.29 is 9.63 Å². The third-order valence-corrected chi connectivity index (χ3v) is 1.02. The highest BCUT2D eigenvalue weighted by molar-refractivity contribution is 5.72. The summed E-state index contributed by atoms with van der Waals surface area (Å²) in [6, 6.07) is -0.0627. The minimum absolute atomic E-state index is 0.144. The van der Waals surface area contributed by atoms with Crippen LogP contribution < -0.4 is 5.32 Å². The Morgan fingerprint density at radius 1 is 1.64 bits per heavy atom. The molecule has 0 fully saturated rings. The summed E-state index contributed by atoms with van der Waals surface area (Å²) in [4.78, 5) is 16.0. The van der Waals surface area contributed by atoms with Crippen molar-refractivity contribution in [1.29, 1.82) is 0 Å². The van der Waals surface area contributed by atoms with Gasteiger partial charge >= 0.3 is 6.03 Å². The molecule has 4 heteroatoms. The van der Waals surface area contributed by atoms with Crippen molar-refractivity contribution in [3.8, 4) is 0 Å². The Bertz CT molecular complexity index is 126. The summed E-state index contributed by atoms with van der Waals surface area (Å²) in [7, 11) is 1.58. The quantitative estimate of drug-likeness (QED) is 0.625. The molecule has 66 valence electrons. The average molecular weight is 160 g/mol. The smallest absolute Gasteiger partial charge is 0.334 e. The van der Waals surface area contributed by atoms with Crippen molar-refractivity contribution in [1.82, 2.24) is 10.4 Å². The topological polar surface area (TPSA) is 41.6 Å². The molecule has 0 unspecified atom stereocenters. The van der Waals surface area contributed by atoms with Crippen LogP contribution in [-0.2, 0) is 4.84 Å². The number of hydroxylamine groups is 2. The molecule has 11 heavy (non-hydrogen) atoms. The lowest BCUT2D eigenvalue weighted by molar-refractivity contribution is -0.0926. The monoisotopic (exact) mass is 160 g/mol. The van der Waals surface area contributed by atoms with Gasteiger partial charge < -0.3 is 5.32 Å². The Morgan fingerprint density at radius 2 is 2.18 bits per heavy atom. The van der Waals surface area contributed by atoms with Crippen LogP contribution in [0.15, 0.2) is 0 Å². The van der Waals surface area contributed by atoms with Gasteiger partial charge in [0.05, 0.1) is 6.61 Å². The van der Waals surface area contributed by atoms with Crippen LogP contribution in [0.4, 0.5) is 4.79 Å². The van der Waals surface area contributed by atoms with Crippen molar-refractivity contribution >= 4 is 6.03 Å². The van der Waals surface area contributed by atoms with Crippen LogP contribution in [0, 0.1) is 0 Å². The number of nitrogens with one attached hydrogen (secondary N) is 1. The van der Waals surface area contributed by atoms with Gasteiger partial charge in [0.2, 0.25) is 0 Å². The summed E-state index contributed by atoms with van der Waals surface area (Å²) in [6.45, 7) is 6.14. The maximum absolute atomic E-state index is 11.0. The van der Waals surface area contributed by atoms with Crippen molar-refractivity contribution in [2.75, 3.05) is 13.7 Å². The number of rotatable bonds is 3. The van der Waals surface area contributed by atoms with Crippen molar-refractivity contribution in [3.63, 3.8) is 0 Å². The number of hydrogen-bond donors (Lipinski definition) is 1. The molecule has 0 heterocycles. The molecule has 0 aliphatic carbocycles. The minimum Gasteiger partial charge on any atom is -0.334 e. The van der Waals surface area contributed by atoms with E-state index in [1.807, 2.05) is 20.8 Å². The zero-order valence-electron chi connectivity index (χ0n) is 7.55. The molecule has 1 N–H and O–H groups in total. The lowest BCUT2D eigenvalue weighted by Gasteiger charge is -2.17. The van der Waals surface area contributed by atoms with Gasteiger partial charge in [0.25, 0.3) is 0 Å². The Balaban J connectivity index is 3.64. The fraction of sp³-hybridized carbons (Fsp3) is 0.857. The van der Waals surface area contributed by atoms with E-state index in [0.29, 0.717) is 6.61 Å². The normalized spacial score (nSPS) is 9.91. The fourth-order valence-electron chi connectivity index (χ4n) is 0.590. The lowest BCUT2D eigenvalue weighted by atomic mass is 10.4. The van der Waals surface area contributed by atoms with Gasteiger partial charge in [-0.2, -0.15) is 0 Å². The third-order valence-electron chi connectivity index (χ3n) is 1.02.